The molecule has 1 aromatic heterocycles. The third-order valence-corrected chi connectivity index (χ3v) is 2.57. The highest BCUT2D eigenvalue weighted by atomic mass is 35.5. The van der Waals surface area contributed by atoms with Crippen molar-refractivity contribution in [2.45, 2.75) is 13.0 Å². The van der Waals surface area contributed by atoms with Crippen molar-refractivity contribution < 1.29 is 9.53 Å². The van der Waals surface area contributed by atoms with Gasteiger partial charge >= 0.3 is 0 Å². The van der Waals surface area contributed by atoms with E-state index in [2.05, 4.69) is 10.3 Å². The van der Waals surface area contributed by atoms with Crippen LogP contribution in [0, 0.1) is 0 Å². The third-order valence-electron chi connectivity index (χ3n) is 2.36. The van der Waals surface area contributed by atoms with Gasteiger partial charge in [0.15, 0.2) is 6.10 Å². The van der Waals surface area contributed by atoms with Gasteiger partial charge in [-0.05, 0) is 27.1 Å². The number of halogens is 1. The summed E-state index contributed by atoms with van der Waals surface area (Å²) < 4.78 is 5.40. The lowest BCUT2D eigenvalue weighted by molar-refractivity contribution is -0.127. The van der Waals surface area contributed by atoms with Crippen LogP contribution in [0.15, 0.2) is 12.3 Å². The predicted octanol–water partition coefficient (Wildman–Crippen LogP) is 0.762. The Hall–Kier alpha value is -1.53. The number of hydrogen-bond donors (Lipinski definition) is 2. The van der Waals surface area contributed by atoms with E-state index in [9.17, 15) is 4.79 Å². The maximum absolute atomic E-state index is 11.8. The number of carbonyl (C=O) groups is 1. The summed E-state index contributed by atoms with van der Waals surface area (Å²) >= 11 is 5.73. The Morgan fingerprint density at radius 2 is 2.32 bits per heavy atom. The Bertz CT molecular complexity index is 440. The lowest BCUT2D eigenvalue weighted by atomic mass is 10.3. The van der Waals surface area contributed by atoms with Gasteiger partial charge in [0.2, 0.25) is 5.88 Å². The van der Waals surface area contributed by atoms with Gasteiger partial charge in [-0.15, -0.1) is 0 Å². The minimum atomic E-state index is -0.668. The summed E-state index contributed by atoms with van der Waals surface area (Å²) in [7, 11) is 3.87. The number of amides is 1. The van der Waals surface area contributed by atoms with Crippen LogP contribution in [0.25, 0.3) is 0 Å². The molecule has 0 aliphatic rings. The molecule has 0 spiro atoms. The molecule has 7 heteroatoms. The number of rotatable bonds is 6. The Morgan fingerprint density at radius 3 is 2.89 bits per heavy atom. The number of likely N-dealkylation sites (N-methyl/N-ethyl adjacent to an activating group) is 1. The number of ether oxygens (including phenoxy) is 1. The van der Waals surface area contributed by atoms with Crippen molar-refractivity contribution in [2.24, 2.45) is 0 Å². The molecule has 0 saturated carbocycles. The van der Waals surface area contributed by atoms with Crippen molar-refractivity contribution in [3.05, 3.63) is 17.3 Å². The monoisotopic (exact) mass is 286 g/mol. The van der Waals surface area contributed by atoms with Gasteiger partial charge in [-0.25, -0.2) is 4.98 Å². The number of pyridine rings is 1. The van der Waals surface area contributed by atoms with Gasteiger partial charge in [0.25, 0.3) is 5.91 Å². The molecule has 6 nitrogen and oxygen atoms in total. The molecule has 0 bridgehead atoms. The lowest BCUT2D eigenvalue weighted by Gasteiger charge is -2.16. The Labute approximate surface area is 117 Å². The third kappa shape index (κ3) is 5.32. The minimum Gasteiger partial charge on any atom is -0.463 e. The summed E-state index contributed by atoms with van der Waals surface area (Å²) in [6.07, 6.45) is 0.752. The van der Waals surface area contributed by atoms with Crippen LogP contribution >= 0.6 is 11.6 Å². The summed E-state index contributed by atoms with van der Waals surface area (Å²) in [5.74, 6) is -0.00217. The second-order valence-electron chi connectivity index (χ2n) is 4.40. The topological polar surface area (TPSA) is 80.5 Å². The molecular weight excluding hydrogens is 268 g/mol. The van der Waals surface area contributed by atoms with Gasteiger partial charge in [0.1, 0.15) is 0 Å². The first-order valence-electron chi connectivity index (χ1n) is 5.90. The normalized spacial score (nSPS) is 12.3. The maximum Gasteiger partial charge on any atom is 0.260 e. The number of aromatic nitrogens is 1. The first-order chi connectivity index (χ1) is 8.90. The summed E-state index contributed by atoms with van der Waals surface area (Å²) in [5.41, 5.74) is 6.01. The fourth-order valence-corrected chi connectivity index (χ4v) is 1.47. The zero-order valence-electron chi connectivity index (χ0n) is 11.3. The van der Waals surface area contributed by atoms with E-state index in [0.717, 1.165) is 6.54 Å². The molecule has 1 rings (SSSR count). The van der Waals surface area contributed by atoms with Crippen molar-refractivity contribution in [1.29, 1.82) is 0 Å². The van der Waals surface area contributed by atoms with E-state index in [1.807, 2.05) is 19.0 Å². The smallest absolute Gasteiger partial charge is 0.260 e. The Balaban J connectivity index is 2.49. The molecular formula is C12H19ClN4O2. The quantitative estimate of drug-likeness (QED) is 0.807. The van der Waals surface area contributed by atoms with Gasteiger partial charge in [0.05, 0.1) is 10.7 Å². The number of anilines is 1. The second-order valence-corrected chi connectivity index (χ2v) is 4.84. The molecule has 106 valence electrons. The first kappa shape index (κ1) is 15.5. The first-order valence-corrected chi connectivity index (χ1v) is 6.28. The fourth-order valence-electron chi connectivity index (χ4n) is 1.31. The zero-order chi connectivity index (χ0) is 14.4. The van der Waals surface area contributed by atoms with Crippen molar-refractivity contribution in [1.82, 2.24) is 15.2 Å². The van der Waals surface area contributed by atoms with E-state index in [1.54, 1.807) is 6.92 Å². The van der Waals surface area contributed by atoms with Crippen LogP contribution in [0.1, 0.15) is 6.92 Å². The van der Waals surface area contributed by atoms with Gasteiger partial charge in [-0.2, -0.15) is 0 Å². The van der Waals surface area contributed by atoms with E-state index in [1.165, 1.54) is 12.3 Å². The number of nitrogen functional groups attached to an aromatic ring is 1. The Morgan fingerprint density at radius 1 is 1.63 bits per heavy atom. The molecule has 0 radical (unpaired) electrons. The van der Waals surface area contributed by atoms with Crippen LogP contribution in [-0.2, 0) is 4.79 Å². The summed E-state index contributed by atoms with van der Waals surface area (Å²) in [6, 6.07) is 1.53. The van der Waals surface area contributed by atoms with Crippen molar-refractivity contribution in [2.75, 3.05) is 32.9 Å². The van der Waals surface area contributed by atoms with Gasteiger partial charge < -0.3 is 20.7 Å². The summed E-state index contributed by atoms with van der Waals surface area (Å²) in [4.78, 5) is 17.7. The molecule has 1 unspecified atom stereocenters. The zero-order valence-corrected chi connectivity index (χ0v) is 12.1. The van der Waals surface area contributed by atoms with Gasteiger partial charge in [-0.1, -0.05) is 11.6 Å². The minimum absolute atomic E-state index is 0.208. The number of nitrogens with two attached hydrogens (primary N) is 1. The molecule has 1 aromatic rings. The van der Waals surface area contributed by atoms with E-state index < -0.39 is 6.10 Å². The highest BCUT2D eigenvalue weighted by Crippen LogP contribution is 2.22. The van der Waals surface area contributed by atoms with Crippen LogP contribution in [0.4, 0.5) is 5.69 Å². The summed E-state index contributed by atoms with van der Waals surface area (Å²) in [6.45, 7) is 2.96. The van der Waals surface area contributed by atoms with Crippen LogP contribution in [0.2, 0.25) is 5.02 Å². The molecule has 1 heterocycles. The maximum atomic E-state index is 11.8. The summed E-state index contributed by atoms with van der Waals surface area (Å²) in [5, 5.41) is 3.19. The number of nitrogens with zero attached hydrogens (tertiary/aromatic N) is 2. The largest absolute Gasteiger partial charge is 0.463 e. The molecule has 19 heavy (non-hydrogen) atoms. The SMILES string of the molecule is CC(Oc1ncc(Cl)cc1N)C(=O)NCCN(C)C. The van der Waals surface area contributed by atoms with Gasteiger partial charge in [0, 0.05) is 19.3 Å². The van der Waals surface area contributed by atoms with Crippen LogP contribution in [-0.4, -0.2) is 49.1 Å². The van der Waals surface area contributed by atoms with E-state index in [0.29, 0.717) is 17.3 Å². The van der Waals surface area contributed by atoms with Crippen LogP contribution < -0.4 is 15.8 Å². The van der Waals surface area contributed by atoms with Crippen LogP contribution in [0.5, 0.6) is 5.88 Å². The van der Waals surface area contributed by atoms with Crippen molar-refractivity contribution in [3.63, 3.8) is 0 Å². The molecule has 1 amide bonds. The number of hydrogen-bond acceptors (Lipinski definition) is 5. The van der Waals surface area contributed by atoms with Gasteiger partial charge in [-0.3, -0.25) is 4.79 Å². The predicted molar refractivity (Wildman–Crippen MR) is 75.3 cm³/mol. The van der Waals surface area contributed by atoms with E-state index in [-0.39, 0.29) is 11.8 Å². The second kappa shape index (κ2) is 7.16. The van der Waals surface area contributed by atoms with Crippen LogP contribution in [0.3, 0.4) is 0 Å². The molecule has 0 saturated heterocycles. The highest BCUT2D eigenvalue weighted by Gasteiger charge is 2.16. The fraction of sp³-hybridized carbons (Fsp3) is 0.500. The van der Waals surface area contributed by atoms with E-state index >= 15 is 0 Å². The Kier molecular flexibility index (Phi) is 5.85. The average Bonchev–Trinajstić information content (AvgIpc) is 2.32. The number of nitrogens with one attached hydrogen (secondary N) is 1. The molecule has 0 aliphatic carbocycles. The van der Waals surface area contributed by atoms with Crippen molar-refractivity contribution in [3.8, 4) is 5.88 Å². The average molecular weight is 287 g/mol. The molecule has 0 fully saturated rings. The molecule has 1 atom stereocenters. The molecule has 0 aliphatic heterocycles. The lowest BCUT2D eigenvalue weighted by Crippen LogP contribution is -2.39. The standard InChI is InChI=1S/C12H19ClN4O2/c1-8(11(18)15-4-5-17(2)3)19-12-10(14)6-9(13)7-16-12/h6-8H,4-5,14H2,1-3H3,(H,15,18). The number of carbonyl (C=O) groups excluding carboxylic acids is 1. The van der Waals surface area contributed by atoms with Crippen molar-refractivity contribution >= 4 is 23.2 Å². The highest BCUT2D eigenvalue weighted by molar-refractivity contribution is 6.30. The molecule has 0 aromatic carbocycles. The molecule has 3 N–H and O–H groups in total. The van der Waals surface area contributed by atoms with E-state index in [4.69, 9.17) is 22.1 Å².